The van der Waals surface area contributed by atoms with E-state index in [1.165, 1.54) is 36.4 Å². The Morgan fingerprint density at radius 1 is 0.925 bits per heavy atom. The van der Waals surface area contributed by atoms with Crippen molar-refractivity contribution in [3.05, 3.63) is 107 Å². The van der Waals surface area contributed by atoms with Gasteiger partial charge in [0.25, 0.3) is 11.8 Å². The van der Waals surface area contributed by atoms with Crippen LogP contribution >= 0.6 is 11.3 Å². The molecule has 5 aromatic rings. The number of halogens is 2. The Hall–Kier alpha value is -5.03. The van der Waals surface area contributed by atoms with Gasteiger partial charge in [-0.3, -0.25) is 9.59 Å². The van der Waals surface area contributed by atoms with Crippen molar-refractivity contribution < 1.29 is 23.1 Å². The average Bonchev–Trinajstić information content (AvgIpc) is 3.62. The Morgan fingerprint density at radius 2 is 1.65 bits per heavy atom. The van der Waals surface area contributed by atoms with E-state index >= 15 is 4.39 Å². The highest BCUT2D eigenvalue weighted by Crippen LogP contribution is 2.37. The normalized spacial score (nSPS) is 11.6. The number of aromatic nitrogens is 2. The van der Waals surface area contributed by atoms with Gasteiger partial charge in [-0.2, -0.15) is 5.10 Å². The zero-order valence-corrected chi connectivity index (χ0v) is 22.2. The van der Waals surface area contributed by atoms with E-state index in [1.807, 2.05) is 23.6 Å². The third kappa shape index (κ3) is 5.54. The lowest BCUT2D eigenvalue weighted by molar-refractivity contribution is -0.118. The van der Waals surface area contributed by atoms with Crippen LogP contribution in [0.15, 0.2) is 95.8 Å². The zero-order chi connectivity index (χ0) is 28.2. The lowest BCUT2D eigenvalue weighted by Crippen LogP contribution is -2.29. The summed E-state index contributed by atoms with van der Waals surface area (Å²) in [7, 11) is 1.56. The van der Waals surface area contributed by atoms with Crippen LogP contribution in [0, 0.1) is 11.6 Å². The lowest BCUT2D eigenvalue weighted by atomic mass is 10.1. The molecule has 2 aromatic carbocycles. The van der Waals surface area contributed by atoms with E-state index in [0.29, 0.717) is 17.0 Å². The van der Waals surface area contributed by atoms with Crippen LogP contribution in [-0.2, 0) is 9.59 Å². The molecule has 8 nitrogen and oxygen atoms in total. The molecule has 0 unspecified atom stereocenters. The Morgan fingerprint density at radius 3 is 2.33 bits per heavy atom. The van der Waals surface area contributed by atoms with Gasteiger partial charge in [0.15, 0.2) is 17.3 Å². The number of nitrogens with zero attached hydrogens (tertiary/aromatic N) is 2. The number of rotatable bonds is 8. The molecule has 40 heavy (non-hydrogen) atoms. The first-order chi connectivity index (χ1) is 19.3. The van der Waals surface area contributed by atoms with E-state index in [-0.39, 0.29) is 22.7 Å². The van der Waals surface area contributed by atoms with Crippen molar-refractivity contribution in [1.82, 2.24) is 14.9 Å². The second kappa shape index (κ2) is 11.4. The van der Waals surface area contributed by atoms with Gasteiger partial charge in [-0.1, -0.05) is 6.07 Å². The van der Waals surface area contributed by atoms with E-state index in [9.17, 15) is 14.0 Å². The topological polar surface area (TPSA) is 96.8 Å². The molecule has 0 aliphatic carbocycles. The second-order valence-corrected chi connectivity index (χ2v) is 9.56. The molecule has 3 N–H and O–H groups in total. The average molecular weight is 560 g/mol. The molecular weight excluding hydrogens is 536 g/mol. The molecule has 0 radical (unpaired) electrons. The number of thiophene rings is 1. The summed E-state index contributed by atoms with van der Waals surface area (Å²) in [4.78, 5) is 27.0. The first kappa shape index (κ1) is 26.6. The zero-order valence-electron chi connectivity index (χ0n) is 21.4. The molecule has 0 spiro atoms. The number of amides is 2. The van der Waals surface area contributed by atoms with Crippen LogP contribution in [-0.4, -0.2) is 28.5 Å². The Balaban J connectivity index is 1.36. The summed E-state index contributed by atoms with van der Waals surface area (Å²) in [6, 6.07) is 16.6. The number of benzene rings is 2. The molecule has 0 atom stereocenters. The van der Waals surface area contributed by atoms with E-state index in [0.717, 1.165) is 16.5 Å². The molecule has 0 aliphatic rings. The van der Waals surface area contributed by atoms with Gasteiger partial charge >= 0.3 is 0 Å². The smallest absolute Gasteiger partial charge is 0.263 e. The summed E-state index contributed by atoms with van der Waals surface area (Å²) in [5.74, 6) is -2.30. The number of fused-ring (bicyclic) bond motifs is 1. The van der Waals surface area contributed by atoms with Gasteiger partial charge < -0.3 is 20.7 Å². The fourth-order valence-corrected chi connectivity index (χ4v) is 4.75. The summed E-state index contributed by atoms with van der Waals surface area (Å²) in [5.41, 5.74) is 2.08. The van der Waals surface area contributed by atoms with Crippen LogP contribution in [0.4, 0.5) is 20.2 Å². The summed E-state index contributed by atoms with van der Waals surface area (Å²) in [6.45, 7) is 1.55. The standard InChI is InChI=1S/C29H23F2N5O3S/c1-17(32-2)26(28(37)34-19-7-5-18(30)6-8-19)29(38)35-20-9-10-23(22(31)16-20)39-24-11-13-33-36-14-12-21(27(24)36)25-4-3-15-40-25/h3-16,32H,1-2H3,(H,34,37)(H,35,38)/b26-17+. The number of carbonyl (C=O) groups excluding carboxylic acids is 2. The molecule has 0 fully saturated rings. The van der Waals surface area contributed by atoms with Crippen molar-refractivity contribution in [3.8, 4) is 21.9 Å². The van der Waals surface area contributed by atoms with Gasteiger partial charge in [-0.15, -0.1) is 11.3 Å². The van der Waals surface area contributed by atoms with Gasteiger partial charge in [-0.05, 0) is 60.8 Å². The van der Waals surface area contributed by atoms with Gasteiger partial charge in [0.1, 0.15) is 16.9 Å². The second-order valence-electron chi connectivity index (χ2n) is 8.61. The molecule has 2 amide bonds. The van der Waals surface area contributed by atoms with Crippen LogP contribution < -0.4 is 20.7 Å². The number of anilines is 2. The van der Waals surface area contributed by atoms with E-state index in [1.54, 1.807) is 48.3 Å². The predicted molar refractivity (Wildman–Crippen MR) is 150 cm³/mol. The molecular formula is C29H23F2N5O3S. The largest absolute Gasteiger partial charge is 0.452 e. The molecule has 0 bridgehead atoms. The Bertz CT molecular complexity index is 1730. The summed E-state index contributed by atoms with van der Waals surface area (Å²) < 4.78 is 36.0. The molecule has 3 heterocycles. The van der Waals surface area contributed by atoms with Crippen LogP contribution in [0.25, 0.3) is 16.0 Å². The number of carbonyl (C=O) groups is 2. The Labute approximate surface area is 231 Å². The summed E-state index contributed by atoms with van der Waals surface area (Å²) in [6.07, 6.45) is 3.36. The predicted octanol–water partition coefficient (Wildman–Crippen LogP) is 6.20. The molecule has 0 saturated carbocycles. The van der Waals surface area contributed by atoms with E-state index < -0.39 is 23.4 Å². The monoisotopic (exact) mass is 559 g/mol. The van der Waals surface area contributed by atoms with Crippen molar-refractivity contribution in [1.29, 1.82) is 0 Å². The molecule has 5 rings (SSSR count). The van der Waals surface area contributed by atoms with Crippen molar-refractivity contribution in [2.45, 2.75) is 6.92 Å². The SMILES string of the molecule is CN/C(C)=C(\C(=O)Nc1ccc(F)cc1)C(=O)Nc1ccc(Oc2ccnn3ccc(-c4cccs4)c23)c(F)c1. The highest BCUT2D eigenvalue weighted by atomic mass is 32.1. The molecule has 0 aliphatic heterocycles. The minimum absolute atomic E-state index is 0.0550. The van der Waals surface area contributed by atoms with Gasteiger partial charge in [0.2, 0.25) is 0 Å². The van der Waals surface area contributed by atoms with Crippen LogP contribution in [0.1, 0.15) is 6.92 Å². The maximum absolute atomic E-state index is 15.2. The van der Waals surface area contributed by atoms with Crippen molar-refractivity contribution >= 4 is 40.0 Å². The molecule has 11 heteroatoms. The fraction of sp³-hybridized carbons (Fsp3) is 0.0690. The minimum atomic E-state index is -0.760. The van der Waals surface area contributed by atoms with E-state index in [4.69, 9.17) is 4.74 Å². The first-order valence-corrected chi connectivity index (χ1v) is 13.0. The molecule has 202 valence electrons. The fourth-order valence-electron chi connectivity index (χ4n) is 4.00. The van der Waals surface area contributed by atoms with Crippen LogP contribution in [0.3, 0.4) is 0 Å². The Kier molecular flexibility index (Phi) is 7.56. The van der Waals surface area contributed by atoms with Crippen molar-refractivity contribution in [3.63, 3.8) is 0 Å². The number of ether oxygens (including phenoxy) is 1. The van der Waals surface area contributed by atoms with Gasteiger partial charge in [0, 0.05) is 52.9 Å². The third-order valence-corrected chi connectivity index (χ3v) is 6.92. The third-order valence-electron chi connectivity index (χ3n) is 6.02. The van der Waals surface area contributed by atoms with Gasteiger partial charge in [-0.25, -0.2) is 13.3 Å². The van der Waals surface area contributed by atoms with Crippen LogP contribution in [0.2, 0.25) is 0 Å². The lowest BCUT2D eigenvalue weighted by Gasteiger charge is -2.14. The summed E-state index contributed by atoms with van der Waals surface area (Å²) in [5, 5.41) is 14.2. The highest BCUT2D eigenvalue weighted by molar-refractivity contribution is 7.13. The molecule has 3 aromatic heterocycles. The first-order valence-electron chi connectivity index (χ1n) is 12.1. The van der Waals surface area contributed by atoms with Crippen molar-refractivity contribution in [2.24, 2.45) is 0 Å². The maximum atomic E-state index is 15.2. The maximum Gasteiger partial charge on any atom is 0.263 e. The van der Waals surface area contributed by atoms with Crippen molar-refractivity contribution in [2.75, 3.05) is 17.7 Å². The minimum Gasteiger partial charge on any atom is -0.452 e. The summed E-state index contributed by atoms with van der Waals surface area (Å²) >= 11 is 1.57. The number of hydrogen-bond acceptors (Lipinski definition) is 6. The number of hydrogen-bond donors (Lipinski definition) is 3. The quantitative estimate of drug-likeness (QED) is 0.119. The molecule has 0 saturated heterocycles. The highest BCUT2D eigenvalue weighted by Gasteiger charge is 2.22. The van der Waals surface area contributed by atoms with Gasteiger partial charge in [0.05, 0.1) is 6.20 Å². The van der Waals surface area contributed by atoms with Crippen LogP contribution in [0.5, 0.6) is 11.5 Å². The number of nitrogens with one attached hydrogen (secondary N) is 3. The van der Waals surface area contributed by atoms with E-state index in [2.05, 4.69) is 21.0 Å². The number of allylic oxidation sites excluding steroid dienone is 1.